The first-order valence-electron chi connectivity index (χ1n) is 5.23. The predicted octanol–water partition coefficient (Wildman–Crippen LogP) is 2.19. The Morgan fingerprint density at radius 1 is 0.941 bits per heavy atom. The van der Waals surface area contributed by atoms with Gasteiger partial charge in [0.1, 0.15) is 0 Å². The monoisotopic (exact) mass is 233 g/mol. The van der Waals surface area contributed by atoms with Crippen LogP contribution in [0.2, 0.25) is 0 Å². The standard InChI is InChI=1S/C13H15NO3/c1-6-5-10(7(2)15)13(14)12(9(4)17)11(6)8(3)16/h5H,14H2,1-4H3. The second kappa shape index (κ2) is 4.49. The summed E-state index contributed by atoms with van der Waals surface area (Å²) in [5.74, 6) is -0.753. The van der Waals surface area contributed by atoms with E-state index in [4.69, 9.17) is 5.73 Å². The average molecular weight is 233 g/mol. The molecule has 0 fully saturated rings. The molecule has 0 aliphatic rings. The van der Waals surface area contributed by atoms with Crippen LogP contribution in [0.1, 0.15) is 57.4 Å². The summed E-state index contributed by atoms with van der Waals surface area (Å²) < 4.78 is 0. The van der Waals surface area contributed by atoms with E-state index in [1.807, 2.05) is 0 Å². The van der Waals surface area contributed by atoms with Gasteiger partial charge in [0.15, 0.2) is 17.3 Å². The highest BCUT2D eigenvalue weighted by atomic mass is 16.1. The number of ketones is 3. The fourth-order valence-electron chi connectivity index (χ4n) is 1.94. The van der Waals surface area contributed by atoms with Crippen molar-refractivity contribution in [3.05, 3.63) is 28.3 Å². The highest BCUT2D eigenvalue weighted by Crippen LogP contribution is 2.27. The molecule has 2 N–H and O–H groups in total. The zero-order chi connectivity index (χ0) is 13.3. The number of Topliss-reactive ketones (excluding diaryl/α,β-unsaturated/α-hetero) is 3. The van der Waals surface area contributed by atoms with Crippen molar-refractivity contribution < 1.29 is 14.4 Å². The van der Waals surface area contributed by atoms with E-state index in [-0.39, 0.29) is 34.2 Å². The van der Waals surface area contributed by atoms with E-state index in [0.717, 1.165) is 0 Å². The Labute approximate surface area is 99.8 Å². The molecule has 0 aromatic heterocycles. The lowest BCUT2D eigenvalue weighted by atomic mass is 9.90. The Morgan fingerprint density at radius 2 is 1.41 bits per heavy atom. The van der Waals surface area contributed by atoms with E-state index in [1.54, 1.807) is 13.0 Å². The first kappa shape index (κ1) is 13.1. The highest BCUT2D eigenvalue weighted by molar-refractivity contribution is 6.15. The lowest BCUT2D eigenvalue weighted by molar-refractivity contribution is 0.0979. The number of nitrogen functional groups attached to an aromatic ring is 1. The Balaban J connectivity index is 3.78. The third-order valence-electron chi connectivity index (χ3n) is 2.65. The van der Waals surface area contributed by atoms with Gasteiger partial charge in [-0.3, -0.25) is 14.4 Å². The summed E-state index contributed by atoms with van der Waals surface area (Å²) in [4.78, 5) is 34.5. The molecule has 4 nitrogen and oxygen atoms in total. The maximum Gasteiger partial charge on any atom is 0.162 e. The maximum absolute atomic E-state index is 11.6. The molecule has 0 atom stereocenters. The topological polar surface area (TPSA) is 77.2 Å². The van der Waals surface area contributed by atoms with Crippen LogP contribution >= 0.6 is 0 Å². The number of hydrogen-bond donors (Lipinski definition) is 1. The van der Waals surface area contributed by atoms with Crippen LogP contribution in [-0.4, -0.2) is 17.3 Å². The number of anilines is 1. The molecular formula is C13H15NO3. The first-order valence-corrected chi connectivity index (χ1v) is 5.23. The third-order valence-corrected chi connectivity index (χ3v) is 2.65. The van der Waals surface area contributed by atoms with Crippen LogP contribution in [-0.2, 0) is 0 Å². The van der Waals surface area contributed by atoms with Crippen LogP contribution in [0.5, 0.6) is 0 Å². The van der Waals surface area contributed by atoms with Gasteiger partial charge in [-0.2, -0.15) is 0 Å². The second-order valence-corrected chi connectivity index (χ2v) is 4.07. The van der Waals surface area contributed by atoms with E-state index >= 15 is 0 Å². The van der Waals surface area contributed by atoms with Crippen molar-refractivity contribution in [3.63, 3.8) is 0 Å². The van der Waals surface area contributed by atoms with Crippen molar-refractivity contribution in [2.75, 3.05) is 5.73 Å². The van der Waals surface area contributed by atoms with Crippen molar-refractivity contribution in [2.24, 2.45) is 0 Å². The van der Waals surface area contributed by atoms with Crippen LogP contribution in [0.3, 0.4) is 0 Å². The lowest BCUT2D eigenvalue weighted by Gasteiger charge is -2.14. The minimum absolute atomic E-state index is 0.0980. The number of carbonyl (C=O) groups is 3. The summed E-state index contributed by atoms with van der Waals surface area (Å²) >= 11 is 0. The van der Waals surface area contributed by atoms with Crippen molar-refractivity contribution in [1.82, 2.24) is 0 Å². The van der Waals surface area contributed by atoms with Gasteiger partial charge in [0, 0.05) is 11.1 Å². The molecule has 0 heterocycles. The van der Waals surface area contributed by atoms with Crippen LogP contribution in [0, 0.1) is 6.92 Å². The van der Waals surface area contributed by atoms with Crippen molar-refractivity contribution in [3.8, 4) is 0 Å². The molecule has 0 amide bonds. The van der Waals surface area contributed by atoms with Crippen LogP contribution in [0.15, 0.2) is 6.07 Å². The van der Waals surface area contributed by atoms with E-state index in [0.29, 0.717) is 11.1 Å². The van der Waals surface area contributed by atoms with Gasteiger partial charge in [-0.25, -0.2) is 0 Å². The maximum atomic E-state index is 11.6. The van der Waals surface area contributed by atoms with Gasteiger partial charge in [-0.05, 0) is 39.3 Å². The van der Waals surface area contributed by atoms with Crippen molar-refractivity contribution in [1.29, 1.82) is 0 Å². The van der Waals surface area contributed by atoms with Crippen LogP contribution < -0.4 is 5.73 Å². The fourth-order valence-corrected chi connectivity index (χ4v) is 1.94. The molecule has 0 aliphatic carbocycles. The zero-order valence-corrected chi connectivity index (χ0v) is 10.4. The van der Waals surface area contributed by atoms with Crippen LogP contribution in [0.4, 0.5) is 5.69 Å². The lowest BCUT2D eigenvalue weighted by Crippen LogP contribution is -2.14. The van der Waals surface area contributed by atoms with Crippen LogP contribution in [0.25, 0.3) is 0 Å². The van der Waals surface area contributed by atoms with Crippen molar-refractivity contribution in [2.45, 2.75) is 27.7 Å². The Kier molecular flexibility index (Phi) is 3.46. The second-order valence-electron chi connectivity index (χ2n) is 4.07. The Bertz CT molecular complexity index is 530. The van der Waals surface area contributed by atoms with Gasteiger partial charge in [-0.1, -0.05) is 0 Å². The van der Waals surface area contributed by atoms with Gasteiger partial charge in [0.2, 0.25) is 0 Å². The summed E-state index contributed by atoms with van der Waals surface area (Å²) in [5, 5.41) is 0. The molecule has 90 valence electrons. The quantitative estimate of drug-likeness (QED) is 0.641. The van der Waals surface area contributed by atoms with E-state index in [2.05, 4.69) is 0 Å². The largest absolute Gasteiger partial charge is 0.398 e. The third kappa shape index (κ3) is 2.25. The molecular weight excluding hydrogens is 218 g/mol. The molecule has 17 heavy (non-hydrogen) atoms. The Hall–Kier alpha value is -1.97. The molecule has 1 aromatic rings. The molecule has 0 saturated carbocycles. The molecule has 0 saturated heterocycles. The fraction of sp³-hybridized carbons (Fsp3) is 0.308. The number of aryl methyl sites for hydroxylation is 1. The van der Waals surface area contributed by atoms with Gasteiger partial charge in [-0.15, -0.1) is 0 Å². The van der Waals surface area contributed by atoms with E-state index in [1.165, 1.54) is 20.8 Å². The normalized spacial score (nSPS) is 10.1. The molecule has 1 aromatic carbocycles. The molecule has 0 aliphatic heterocycles. The summed E-state index contributed by atoms with van der Waals surface area (Å²) in [6, 6.07) is 1.56. The summed E-state index contributed by atoms with van der Waals surface area (Å²) in [6.45, 7) is 5.78. The summed E-state index contributed by atoms with van der Waals surface area (Å²) in [6.07, 6.45) is 0. The van der Waals surface area contributed by atoms with E-state index in [9.17, 15) is 14.4 Å². The molecule has 0 unspecified atom stereocenters. The SMILES string of the molecule is CC(=O)c1cc(C)c(C(C)=O)c(C(C)=O)c1N. The molecule has 0 bridgehead atoms. The molecule has 1 rings (SSSR count). The smallest absolute Gasteiger partial charge is 0.162 e. The highest BCUT2D eigenvalue weighted by Gasteiger charge is 2.21. The van der Waals surface area contributed by atoms with Gasteiger partial charge < -0.3 is 5.73 Å². The molecule has 4 heteroatoms. The van der Waals surface area contributed by atoms with Gasteiger partial charge in [0.25, 0.3) is 0 Å². The predicted molar refractivity (Wildman–Crippen MR) is 65.6 cm³/mol. The summed E-state index contributed by atoms with van der Waals surface area (Å²) in [7, 11) is 0. The number of nitrogens with two attached hydrogens (primary N) is 1. The number of rotatable bonds is 3. The Morgan fingerprint density at radius 3 is 1.76 bits per heavy atom. The average Bonchev–Trinajstić information content (AvgIpc) is 2.18. The number of benzene rings is 1. The minimum atomic E-state index is -0.307. The minimum Gasteiger partial charge on any atom is -0.398 e. The first-order chi connectivity index (χ1) is 7.77. The van der Waals surface area contributed by atoms with Gasteiger partial charge in [0.05, 0.1) is 11.3 Å². The number of hydrogen-bond acceptors (Lipinski definition) is 4. The molecule has 0 radical (unpaired) electrons. The zero-order valence-electron chi connectivity index (χ0n) is 10.4. The van der Waals surface area contributed by atoms with Crippen molar-refractivity contribution >= 4 is 23.0 Å². The molecule has 0 spiro atoms. The van der Waals surface area contributed by atoms with Gasteiger partial charge >= 0.3 is 0 Å². The summed E-state index contributed by atoms with van der Waals surface area (Å²) in [5.41, 5.74) is 7.25. The van der Waals surface area contributed by atoms with E-state index < -0.39 is 0 Å². The number of carbonyl (C=O) groups excluding carboxylic acids is 3.